The number of carbonyl (C=O) groups is 1. The highest BCUT2D eigenvalue weighted by Gasteiger charge is 2.14. The fourth-order valence-electron chi connectivity index (χ4n) is 1.93. The smallest absolute Gasteiger partial charge is 0.260 e. The highest BCUT2D eigenvalue weighted by molar-refractivity contribution is 7.18. The summed E-state index contributed by atoms with van der Waals surface area (Å²) in [7, 11) is 1.59. The Labute approximate surface area is 135 Å². The van der Waals surface area contributed by atoms with Gasteiger partial charge in [-0.2, -0.15) is 0 Å². The maximum atomic E-state index is 13.6. The molecule has 2 aromatic carbocycles. The molecule has 23 heavy (non-hydrogen) atoms. The van der Waals surface area contributed by atoms with Crippen molar-refractivity contribution in [1.29, 1.82) is 0 Å². The Bertz CT molecular complexity index is 833. The number of halogens is 1. The number of benzene rings is 2. The fourth-order valence-corrected chi connectivity index (χ4v) is 2.68. The lowest BCUT2D eigenvalue weighted by Gasteiger charge is -2.01. The molecule has 1 amide bonds. The third kappa shape index (κ3) is 3.35. The van der Waals surface area contributed by atoms with E-state index in [-0.39, 0.29) is 5.56 Å². The van der Waals surface area contributed by atoms with Gasteiger partial charge in [-0.05, 0) is 36.4 Å². The Morgan fingerprint density at radius 3 is 2.57 bits per heavy atom. The van der Waals surface area contributed by atoms with E-state index in [2.05, 4.69) is 15.5 Å². The average Bonchev–Trinajstić information content (AvgIpc) is 3.03. The summed E-state index contributed by atoms with van der Waals surface area (Å²) in [4.78, 5) is 12.0. The molecule has 116 valence electrons. The number of hydrogen-bond donors (Lipinski definition) is 1. The molecule has 1 N–H and O–H groups in total. The second-order valence-electron chi connectivity index (χ2n) is 4.57. The summed E-state index contributed by atoms with van der Waals surface area (Å²) < 4.78 is 18.7. The summed E-state index contributed by atoms with van der Waals surface area (Å²) in [5, 5.41) is 11.5. The highest BCUT2D eigenvalue weighted by atomic mass is 32.1. The molecule has 7 heteroatoms. The first-order chi connectivity index (χ1) is 11.2. The van der Waals surface area contributed by atoms with Crippen LogP contribution in [0.3, 0.4) is 0 Å². The van der Waals surface area contributed by atoms with Crippen molar-refractivity contribution in [2.75, 3.05) is 12.4 Å². The molecule has 1 heterocycles. The normalized spacial score (nSPS) is 10.3. The summed E-state index contributed by atoms with van der Waals surface area (Å²) in [6.45, 7) is 0. The number of anilines is 1. The van der Waals surface area contributed by atoms with Crippen molar-refractivity contribution in [3.8, 4) is 16.3 Å². The van der Waals surface area contributed by atoms with E-state index in [0.717, 1.165) is 11.3 Å². The van der Waals surface area contributed by atoms with E-state index < -0.39 is 11.7 Å². The van der Waals surface area contributed by atoms with Crippen LogP contribution in [0.5, 0.6) is 5.75 Å². The largest absolute Gasteiger partial charge is 0.497 e. The van der Waals surface area contributed by atoms with Crippen LogP contribution < -0.4 is 10.1 Å². The minimum Gasteiger partial charge on any atom is -0.497 e. The molecule has 0 unspecified atom stereocenters. The lowest BCUT2D eigenvalue weighted by molar-refractivity contribution is 0.102. The monoisotopic (exact) mass is 329 g/mol. The van der Waals surface area contributed by atoms with Gasteiger partial charge >= 0.3 is 0 Å². The zero-order valence-corrected chi connectivity index (χ0v) is 12.9. The van der Waals surface area contributed by atoms with Gasteiger partial charge in [-0.1, -0.05) is 23.5 Å². The first-order valence-corrected chi connectivity index (χ1v) is 7.53. The Morgan fingerprint density at radius 2 is 1.87 bits per heavy atom. The SMILES string of the molecule is COc1ccc(-c2nnc(NC(=O)c3ccccc3F)s2)cc1. The van der Waals surface area contributed by atoms with E-state index in [1.165, 1.54) is 29.5 Å². The zero-order valence-electron chi connectivity index (χ0n) is 12.1. The number of aromatic nitrogens is 2. The molecule has 3 aromatic rings. The molecule has 0 aliphatic heterocycles. The number of amides is 1. The lowest BCUT2D eigenvalue weighted by Crippen LogP contribution is -2.13. The van der Waals surface area contributed by atoms with Gasteiger partial charge < -0.3 is 4.74 Å². The molecule has 0 radical (unpaired) electrons. The van der Waals surface area contributed by atoms with Crippen molar-refractivity contribution >= 4 is 22.4 Å². The number of rotatable bonds is 4. The Kier molecular flexibility index (Phi) is 4.29. The summed E-state index contributed by atoms with van der Waals surface area (Å²) in [6, 6.07) is 13.1. The van der Waals surface area contributed by atoms with Gasteiger partial charge in [0.15, 0.2) is 0 Å². The summed E-state index contributed by atoms with van der Waals surface area (Å²) in [6.07, 6.45) is 0. The fraction of sp³-hybridized carbons (Fsp3) is 0.0625. The summed E-state index contributed by atoms with van der Waals surface area (Å²) in [5.41, 5.74) is 0.823. The van der Waals surface area contributed by atoms with Gasteiger partial charge in [0.1, 0.15) is 16.6 Å². The molecule has 1 aromatic heterocycles. The average molecular weight is 329 g/mol. The van der Waals surface area contributed by atoms with E-state index in [1.54, 1.807) is 13.2 Å². The van der Waals surface area contributed by atoms with Crippen molar-refractivity contribution in [1.82, 2.24) is 10.2 Å². The van der Waals surface area contributed by atoms with Crippen molar-refractivity contribution in [2.24, 2.45) is 0 Å². The maximum absolute atomic E-state index is 13.6. The van der Waals surface area contributed by atoms with Gasteiger partial charge in [-0.25, -0.2) is 4.39 Å². The van der Waals surface area contributed by atoms with Crippen molar-refractivity contribution in [3.05, 3.63) is 59.9 Å². The molecule has 0 aliphatic carbocycles. The van der Waals surface area contributed by atoms with Crippen LogP contribution in [0, 0.1) is 5.82 Å². The molecule has 3 rings (SSSR count). The number of nitrogens with zero attached hydrogens (tertiary/aromatic N) is 2. The molecule has 0 spiro atoms. The van der Waals surface area contributed by atoms with Gasteiger partial charge in [-0.3, -0.25) is 10.1 Å². The van der Waals surface area contributed by atoms with Crippen LogP contribution in [0.2, 0.25) is 0 Å². The van der Waals surface area contributed by atoms with Crippen LogP contribution in [0.1, 0.15) is 10.4 Å². The summed E-state index contributed by atoms with van der Waals surface area (Å²) in [5.74, 6) is -0.392. The maximum Gasteiger partial charge on any atom is 0.260 e. The zero-order chi connectivity index (χ0) is 16.2. The van der Waals surface area contributed by atoms with Gasteiger partial charge in [0, 0.05) is 5.56 Å². The Morgan fingerprint density at radius 1 is 1.13 bits per heavy atom. The second kappa shape index (κ2) is 6.53. The van der Waals surface area contributed by atoms with Gasteiger partial charge in [0.25, 0.3) is 5.91 Å². The standard InChI is InChI=1S/C16H12FN3O2S/c1-22-11-8-6-10(7-9-11)15-19-20-16(23-15)18-14(21)12-4-2-3-5-13(12)17/h2-9H,1H3,(H,18,20,21). The number of methoxy groups -OCH3 is 1. The van der Waals surface area contributed by atoms with E-state index in [0.29, 0.717) is 10.1 Å². The first kappa shape index (κ1) is 15.1. The molecule has 0 saturated carbocycles. The van der Waals surface area contributed by atoms with Gasteiger partial charge in [0.2, 0.25) is 5.13 Å². The van der Waals surface area contributed by atoms with Crippen molar-refractivity contribution in [3.63, 3.8) is 0 Å². The summed E-state index contributed by atoms with van der Waals surface area (Å²) >= 11 is 1.21. The van der Waals surface area contributed by atoms with E-state index in [4.69, 9.17) is 4.74 Å². The predicted molar refractivity (Wildman–Crippen MR) is 86.3 cm³/mol. The van der Waals surface area contributed by atoms with Crippen molar-refractivity contribution < 1.29 is 13.9 Å². The molecular formula is C16H12FN3O2S. The number of carbonyl (C=O) groups excluding carboxylic acids is 1. The number of ether oxygens (including phenoxy) is 1. The highest BCUT2D eigenvalue weighted by Crippen LogP contribution is 2.28. The van der Waals surface area contributed by atoms with Crippen LogP contribution in [0.15, 0.2) is 48.5 Å². The van der Waals surface area contributed by atoms with E-state index >= 15 is 0 Å². The van der Waals surface area contributed by atoms with Crippen molar-refractivity contribution in [2.45, 2.75) is 0 Å². The molecule has 0 atom stereocenters. The minimum atomic E-state index is -0.579. The van der Waals surface area contributed by atoms with Crippen LogP contribution in [0.4, 0.5) is 9.52 Å². The van der Waals surface area contributed by atoms with Crippen LogP contribution in [-0.2, 0) is 0 Å². The quantitative estimate of drug-likeness (QED) is 0.794. The Hall–Kier alpha value is -2.80. The molecule has 0 bridgehead atoms. The topological polar surface area (TPSA) is 64.1 Å². The first-order valence-electron chi connectivity index (χ1n) is 6.71. The van der Waals surface area contributed by atoms with E-state index in [9.17, 15) is 9.18 Å². The van der Waals surface area contributed by atoms with E-state index in [1.807, 2.05) is 24.3 Å². The Balaban J connectivity index is 1.76. The van der Waals surface area contributed by atoms with Crippen LogP contribution >= 0.6 is 11.3 Å². The second-order valence-corrected chi connectivity index (χ2v) is 5.55. The lowest BCUT2D eigenvalue weighted by atomic mass is 10.2. The number of hydrogen-bond acceptors (Lipinski definition) is 5. The third-order valence-electron chi connectivity index (χ3n) is 3.10. The molecular weight excluding hydrogens is 317 g/mol. The van der Waals surface area contributed by atoms with Gasteiger partial charge in [-0.15, -0.1) is 10.2 Å². The molecule has 0 fully saturated rings. The van der Waals surface area contributed by atoms with Crippen LogP contribution in [-0.4, -0.2) is 23.2 Å². The molecule has 0 aliphatic rings. The predicted octanol–water partition coefficient (Wildman–Crippen LogP) is 3.61. The van der Waals surface area contributed by atoms with Crippen LogP contribution in [0.25, 0.3) is 10.6 Å². The minimum absolute atomic E-state index is 0.0336. The molecule has 5 nitrogen and oxygen atoms in total. The third-order valence-corrected chi connectivity index (χ3v) is 3.99. The molecule has 0 saturated heterocycles. The number of nitrogens with one attached hydrogen (secondary N) is 1. The van der Waals surface area contributed by atoms with Gasteiger partial charge in [0.05, 0.1) is 12.7 Å².